The van der Waals surface area contributed by atoms with E-state index >= 15 is 0 Å². The van der Waals surface area contributed by atoms with Crippen molar-refractivity contribution in [3.05, 3.63) is 66.5 Å². The summed E-state index contributed by atoms with van der Waals surface area (Å²) in [6.07, 6.45) is 2.12. The Morgan fingerprint density at radius 1 is 1.08 bits per heavy atom. The number of carbonyl (C=O) groups is 1. The smallest absolute Gasteiger partial charge is 0.241 e. The van der Waals surface area contributed by atoms with Crippen molar-refractivity contribution in [3.63, 3.8) is 0 Å². The molecule has 4 nitrogen and oxygen atoms in total. The van der Waals surface area contributed by atoms with Crippen LogP contribution in [0, 0.1) is 0 Å². The third-order valence-electron chi connectivity index (χ3n) is 5.48. The van der Waals surface area contributed by atoms with Crippen LogP contribution in [0.3, 0.4) is 0 Å². The minimum Gasteiger partial charge on any atom is -0.349 e. The number of carbonyl (C=O) groups excluding carboxylic acids is 1. The van der Waals surface area contributed by atoms with E-state index in [0.717, 1.165) is 24.2 Å². The van der Waals surface area contributed by atoms with Gasteiger partial charge < -0.3 is 9.47 Å². The first-order valence-corrected chi connectivity index (χ1v) is 9.36. The van der Waals surface area contributed by atoms with Gasteiger partial charge in [0, 0.05) is 43.0 Å². The predicted octanol–water partition coefficient (Wildman–Crippen LogP) is 4.07. The maximum atomic E-state index is 13.2. The van der Waals surface area contributed by atoms with Gasteiger partial charge in [0.1, 0.15) is 0 Å². The minimum absolute atomic E-state index is 0.163. The summed E-state index contributed by atoms with van der Waals surface area (Å²) in [6, 6.07) is 18.9. The van der Waals surface area contributed by atoms with Crippen LogP contribution < -0.4 is 4.90 Å². The number of aromatic nitrogens is 1. The van der Waals surface area contributed by atoms with Gasteiger partial charge in [-0.25, -0.2) is 0 Å². The van der Waals surface area contributed by atoms with E-state index in [1.54, 1.807) is 0 Å². The molecule has 0 radical (unpaired) electrons. The van der Waals surface area contributed by atoms with Crippen molar-refractivity contribution < 1.29 is 4.79 Å². The predicted molar refractivity (Wildman–Crippen MR) is 106 cm³/mol. The molecule has 0 N–H and O–H groups in total. The van der Waals surface area contributed by atoms with Gasteiger partial charge >= 0.3 is 0 Å². The van der Waals surface area contributed by atoms with Crippen LogP contribution in [0.5, 0.6) is 0 Å². The Balaban J connectivity index is 1.58. The van der Waals surface area contributed by atoms with E-state index in [9.17, 15) is 4.79 Å². The highest BCUT2D eigenvalue weighted by molar-refractivity contribution is 6.04. The molecule has 1 unspecified atom stereocenters. The first-order valence-electron chi connectivity index (χ1n) is 9.36. The monoisotopic (exact) mass is 347 g/mol. The number of hydrogen-bond acceptors (Lipinski definition) is 2. The molecule has 4 heteroatoms. The van der Waals surface area contributed by atoms with Gasteiger partial charge in [0.15, 0.2) is 0 Å². The van der Waals surface area contributed by atoms with Crippen LogP contribution in [0.15, 0.2) is 60.8 Å². The van der Waals surface area contributed by atoms with Gasteiger partial charge in [0.2, 0.25) is 5.91 Å². The molecule has 0 saturated carbocycles. The lowest BCUT2D eigenvalue weighted by Gasteiger charge is -2.35. The SMILES string of the molecule is CCN(C(=O)CN1CCn2cccc2C1C)c1cccc2ccccc12. The minimum atomic E-state index is 0.163. The normalized spacial score (nSPS) is 17.2. The third kappa shape index (κ3) is 2.90. The second kappa shape index (κ2) is 6.96. The zero-order valence-electron chi connectivity index (χ0n) is 15.4. The van der Waals surface area contributed by atoms with Crippen molar-refractivity contribution >= 4 is 22.4 Å². The van der Waals surface area contributed by atoms with Crippen LogP contribution in [0.25, 0.3) is 10.8 Å². The lowest BCUT2D eigenvalue weighted by molar-refractivity contribution is -0.120. The van der Waals surface area contributed by atoms with Gasteiger partial charge in [-0.05, 0) is 37.4 Å². The average molecular weight is 347 g/mol. The number of likely N-dealkylation sites (N-methyl/N-ethyl adjacent to an activating group) is 1. The summed E-state index contributed by atoms with van der Waals surface area (Å²) in [5, 5.41) is 2.30. The average Bonchev–Trinajstić information content (AvgIpc) is 3.14. The second-order valence-corrected chi connectivity index (χ2v) is 6.91. The number of benzene rings is 2. The van der Waals surface area contributed by atoms with Crippen molar-refractivity contribution in [2.75, 3.05) is 24.5 Å². The first kappa shape index (κ1) is 16.9. The molecule has 4 rings (SSSR count). The molecule has 1 aliphatic heterocycles. The molecule has 3 aromatic rings. The number of hydrogen-bond donors (Lipinski definition) is 0. The largest absolute Gasteiger partial charge is 0.349 e. The molecule has 0 spiro atoms. The van der Waals surface area contributed by atoms with E-state index in [0.29, 0.717) is 13.1 Å². The molecule has 1 amide bonds. The van der Waals surface area contributed by atoms with Crippen molar-refractivity contribution in [1.82, 2.24) is 9.47 Å². The molecule has 0 fully saturated rings. The van der Waals surface area contributed by atoms with Gasteiger partial charge in [-0.3, -0.25) is 9.69 Å². The Labute approximate surface area is 154 Å². The summed E-state index contributed by atoms with van der Waals surface area (Å²) in [6.45, 7) is 7.20. The molecular weight excluding hydrogens is 322 g/mol. The molecule has 0 bridgehead atoms. The van der Waals surface area contributed by atoms with Gasteiger partial charge in [-0.1, -0.05) is 36.4 Å². The highest BCUT2D eigenvalue weighted by Gasteiger charge is 2.27. The number of nitrogens with zero attached hydrogens (tertiary/aromatic N) is 3. The van der Waals surface area contributed by atoms with E-state index < -0.39 is 0 Å². The van der Waals surface area contributed by atoms with E-state index in [4.69, 9.17) is 0 Å². The Morgan fingerprint density at radius 3 is 2.73 bits per heavy atom. The molecule has 1 atom stereocenters. The van der Waals surface area contributed by atoms with Crippen molar-refractivity contribution in [1.29, 1.82) is 0 Å². The Morgan fingerprint density at radius 2 is 1.88 bits per heavy atom. The maximum Gasteiger partial charge on any atom is 0.241 e. The summed E-state index contributed by atoms with van der Waals surface area (Å²) in [7, 11) is 0. The number of fused-ring (bicyclic) bond motifs is 2. The van der Waals surface area contributed by atoms with Crippen LogP contribution in [0.1, 0.15) is 25.6 Å². The van der Waals surface area contributed by atoms with Crippen molar-refractivity contribution in [2.45, 2.75) is 26.4 Å². The fourth-order valence-electron chi connectivity index (χ4n) is 4.03. The standard InChI is InChI=1S/C22H25N3O/c1-3-25(21-11-6-9-18-8-4-5-10-19(18)21)22(26)16-24-15-14-23-13-7-12-20(23)17(24)2/h4-13,17H,3,14-16H2,1-2H3. The molecule has 2 aromatic carbocycles. The highest BCUT2D eigenvalue weighted by Crippen LogP contribution is 2.28. The van der Waals surface area contributed by atoms with Crippen LogP contribution in [-0.4, -0.2) is 35.0 Å². The number of anilines is 1. The summed E-state index contributed by atoms with van der Waals surface area (Å²) >= 11 is 0. The van der Waals surface area contributed by atoms with E-state index in [1.807, 2.05) is 30.0 Å². The number of amides is 1. The van der Waals surface area contributed by atoms with Crippen LogP contribution in [0.4, 0.5) is 5.69 Å². The lowest BCUT2D eigenvalue weighted by Crippen LogP contribution is -2.44. The topological polar surface area (TPSA) is 28.5 Å². The van der Waals surface area contributed by atoms with Gasteiger partial charge in [0.05, 0.1) is 12.2 Å². The summed E-state index contributed by atoms with van der Waals surface area (Å²) < 4.78 is 2.29. The summed E-state index contributed by atoms with van der Waals surface area (Å²) in [5.41, 5.74) is 2.29. The van der Waals surface area contributed by atoms with Gasteiger partial charge in [0.25, 0.3) is 0 Å². The highest BCUT2D eigenvalue weighted by atomic mass is 16.2. The summed E-state index contributed by atoms with van der Waals surface area (Å²) in [4.78, 5) is 17.4. The van der Waals surface area contributed by atoms with E-state index in [2.05, 4.69) is 59.0 Å². The Kier molecular flexibility index (Phi) is 4.51. The molecular formula is C22H25N3O. The Hall–Kier alpha value is -2.59. The van der Waals surface area contributed by atoms with E-state index in [1.165, 1.54) is 11.1 Å². The van der Waals surface area contributed by atoms with Crippen molar-refractivity contribution in [3.8, 4) is 0 Å². The van der Waals surface area contributed by atoms with Gasteiger partial charge in [-0.15, -0.1) is 0 Å². The molecule has 134 valence electrons. The second-order valence-electron chi connectivity index (χ2n) is 6.91. The molecule has 26 heavy (non-hydrogen) atoms. The first-order chi connectivity index (χ1) is 12.7. The molecule has 0 saturated heterocycles. The molecule has 1 aliphatic rings. The zero-order chi connectivity index (χ0) is 18.1. The number of rotatable bonds is 4. The molecule has 1 aromatic heterocycles. The zero-order valence-corrected chi connectivity index (χ0v) is 15.4. The maximum absolute atomic E-state index is 13.2. The van der Waals surface area contributed by atoms with Crippen LogP contribution >= 0.6 is 0 Å². The van der Waals surface area contributed by atoms with Crippen LogP contribution in [-0.2, 0) is 11.3 Å². The Bertz CT molecular complexity index is 925. The fraction of sp³-hybridized carbons (Fsp3) is 0.318. The molecule has 0 aliphatic carbocycles. The van der Waals surface area contributed by atoms with Crippen LogP contribution in [0.2, 0.25) is 0 Å². The lowest BCUT2D eigenvalue weighted by atomic mass is 10.1. The summed E-state index contributed by atoms with van der Waals surface area (Å²) in [5.74, 6) is 0.163. The third-order valence-corrected chi connectivity index (χ3v) is 5.48. The van der Waals surface area contributed by atoms with Crippen molar-refractivity contribution in [2.24, 2.45) is 0 Å². The van der Waals surface area contributed by atoms with E-state index in [-0.39, 0.29) is 11.9 Å². The fourth-order valence-corrected chi connectivity index (χ4v) is 4.03. The van der Waals surface area contributed by atoms with Gasteiger partial charge in [-0.2, -0.15) is 0 Å². The quantitative estimate of drug-likeness (QED) is 0.712. The molecule has 2 heterocycles.